The Morgan fingerprint density at radius 1 is 0.640 bits per heavy atom. The fourth-order valence-corrected chi connectivity index (χ4v) is 2.41. The molecule has 0 amide bonds. The number of hydrogen-bond acceptors (Lipinski definition) is 8. The normalized spacial score (nSPS) is 13.9. The van der Waals surface area contributed by atoms with Crippen LogP contribution in [0.4, 0.5) is 0 Å². The number of carboxylic acid groups (broad SMARTS) is 5. The van der Waals surface area contributed by atoms with E-state index in [4.69, 9.17) is 37.0 Å². The van der Waals surface area contributed by atoms with Crippen LogP contribution in [0, 0.1) is 0 Å². The molecule has 0 aromatic rings. The number of carboxylic acids is 5. The van der Waals surface area contributed by atoms with E-state index in [1.807, 2.05) is 0 Å². The molecule has 0 bridgehead atoms. The van der Waals surface area contributed by atoms with Gasteiger partial charge in [-0.05, 0) is 0 Å². The largest absolute Gasteiger partial charge is 0.481 e. The molecule has 0 aliphatic heterocycles. The summed E-state index contributed by atoms with van der Waals surface area (Å²) in [5.74, 6) is -8.12. The molecule has 1 atom stereocenters. The molecule has 13 heteroatoms. The molecular weight excluding hydrogens is 346 g/mol. The molecule has 0 aliphatic rings. The molecule has 9 N–H and O–H groups in total. The standard InChI is InChI=1S/C12H19N3O10/c13-11(1-6(16)17,2-7(18)19)12(14,3-8(20)21)15(4-9(22)23)5-10(24)25/h1-5,13-14H2,(H,16,17)(H,18,19)(H,20,21)(H,22,23)(H,24,25). The predicted octanol–water partition coefficient (Wildman–Crippen LogP) is -2.77. The summed E-state index contributed by atoms with van der Waals surface area (Å²) < 4.78 is 0. The quantitative estimate of drug-likeness (QED) is 0.173. The van der Waals surface area contributed by atoms with Crippen molar-refractivity contribution in [3.63, 3.8) is 0 Å². The van der Waals surface area contributed by atoms with Crippen LogP contribution in [0.25, 0.3) is 0 Å². The lowest BCUT2D eigenvalue weighted by atomic mass is 9.76. The lowest BCUT2D eigenvalue weighted by Gasteiger charge is -2.49. The van der Waals surface area contributed by atoms with Gasteiger partial charge in [0.2, 0.25) is 0 Å². The summed E-state index contributed by atoms with van der Waals surface area (Å²) >= 11 is 0. The smallest absolute Gasteiger partial charge is 0.317 e. The van der Waals surface area contributed by atoms with Gasteiger partial charge in [0, 0.05) is 0 Å². The highest BCUT2D eigenvalue weighted by atomic mass is 16.4. The van der Waals surface area contributed by atoms with E-state index in [2.05, 4.69) is 0 Å². The zero-order valence-electron chi connectivity index (χ0n) is 12.9. The van der Waals surface area contributed by atoms with Gasteiger partial charge in [0.05, 0.1) is 37.9 Å². The van der Waals surface area contributed by atoms with E-state index in [-0.39, 0.29) is 0 Å². The van der Waals surface area contributed by atoms with Crippen LogP contribution in [-0.2, 0) is 24.0 Å². The van der Waals surface area contributed by atoms with Gasteiger partial charge in [-0.3, -0.25) is 28.9 Å². The maximum absolute atomic E-state index is 11.2. The summed E-state index contributed by atoms with van der Waals surface area (Å²) in [7, 11) is 0. The van der Waals surface area contributed by atoms with Gasteiger partial charge in [-0.25, -0.2) is 0 Å². The first-order valence-electron chi connectivity index (χ1n) is 6.65. The fourth-order valence-electron chi connectivity index (χ4n) is 2.41. The molecule has 0 fully saturated rings. The minimum absolute atomic E-state index is 0.428. The van der Waals surface area contributed by atoms with Gasteiger partial charge >= 0.3 is 29.8 Å². The van der Waals surface area contributed by atoms with Gasteiger partial charge in [0.15, 0.2) is 0 Å². The van der Waals surface area contributed by atoms with E-state index in [9.17, 15) is 24.0 Å². The average molecular weight is 365 g/mol. The molecule has 0 aromatic carbocycles. The first-order chi connectivity index (χ1) is 11.2. The van der Waals surface area contributed by atoms with Crippen LogP contribution in [0.5, 0.6) is 0 Å². The zero-order chi connectivity index (χ0) is 20.0. The van der Waals surface area contributed by atoms with Crippen molar-refractivity contribution < 1.29 is 49.5 Å². The van der Waals surface area contributed by atoms with Crippen molar-refractivity contribution >= 4 is 29.8 Å². The Balaban J connectivity index is 6.33. The summed E-state index contributed by atoms with van der Waals surface area (Å²) in [4.78, 5) is 55.7. The van der Waals surface area contributed by atoms with E-state index in [0.717, 1.165) is 0 Å². The van der Waals surface area contributed by atoms with E-state index in [1.165, 1.54) is 0 Å². The minimum atomic E-state index is -2.59. The molecule has 0 saturated carbocycles. The topological polar surface area (TPSA) is 242 Å². The number of aliphatic carboxylic acids is 5. The number of hydrogen-bond donors (Lipinski definition) is 7. The van der Waals surface area contributed by atoms with Crippen LogP contribution in [0.1, 0.15) is 19.3 Å². The van der Waals surface area contributed by atoms with Crippen molar-refractivity contribution in [1.29, 1.82) is 0 Å². The Labute approximate surface area is 140 Å². The third-order valence-electron chi connectivity index (χ3n) is 3.43. The zero-order valence-corrected chi connectivity index (χ0v) is 12.9. The predicted molar refractivity (Wildman–Crippen MR) is 77.4 cm³/mol. The van der Waals surface area contributed by atoms with Crippen LogP contribution in [0.3, 0.4) is 0 Å². The highest BCUT2D eigenvalue weighted by Crippen LogP contribution is 2.32. The molecule has 0 aromatic heterocycles. The maximum atomic E-state index is 11.2. The second-order valence-corrected chi connectivity index (χ2v) is 5.44. The summed E-state index contributed by atoms with van der Waals surface area (Å²) in [5, 5.41) is 44.8. The van der Waals surface area contributed by atoms with Crippen molar-refractivity contribution in [2.75, 3.05) is 13.1 Å². The Kier molecular flexibility index (Phi) is 7.44. The van der Waals surface area contributed by atoms with Gasteiger partial charge in [0.1, 0.15) is 5.66 Å². The summed E-state index contributed by atoms with van der Waals surface area (Å²) in [6.07, 6.45) is -3.47. The lowest BCUT2D eigenvalue weighted by Crippen LogP contribution is -2.76. The van der Waals surface area contributed by atoms with Gasteiger partial charge in [0.25, 0.3) is 0 Å². The molecule has 1 unspecified atom stereocenters. The first kappa shape index (κ1) is 22.2. The molecule has 0 rings (SSSR count). The third kappa shape index (κ3) is 6.33. The van der Waals surface area contributed by atoms with E-state index >= 15 is 0 Å². The first-order valence-corrected chi connectivity index (χ1v) is 6.65. The number of nitrogens with zero attached hydrogens (tertiary/aromatic N) is 1. The molecule has 0 radical (unpaired) electrons. The molecule has 25 heavy (non-hydrogen) atoms. The second-order valence-electron chi connectivity index (χ2n) is 5.44. The molecule has 0 aliphatic carbocycles. The van der Waals surface area contributed by atoms with Crippen LogP contribution >= 0.6 is 0 Å². The van der Waals surface area contributed by atoms with Crippen LogP contribution in [-0.4, -0.2) is 84.6 Å². The van der Waals surface area contributed by atoms with Crippen molar-refractivity contribution in [3.8, 4) is 0 Å². The summed E-state index contributed by atoms with van der Waals surface area (Å²) in [6.45, 7) is -2.21. The van der Waals surface area contributed by atoms with Crippen molar-refractivity contribution in [1.82, 2.24) is 4.90 Å². The number of rotatable bonds is 12. The lowest BCUT2D eigenvalue weighted by molar-refractivity contribution is -0.157. The Hall–Kier alpha value is -2.77. The molecular formula is C12H19N3O10. The van der Waals surface area contributed by atoms with Crippen LogP contribution in [0.2, 0.25) is 0 Å². The molecule has 142 valence electrons. The van der Waals surface area contributed by atoms with Crippen LogP contribution < -0.4 is 11.5 Å². The van der Waals surface area contributed by atoms with Gasteiger partial charge in [-0.15, -0.1) is 0 Å². The highest BCUT2D eigenvalue weighted by Gasteiger charge is 2.54. The molecule has 0 heterocycles. The molecule has 0 saturated heterocycles. The fraction of sp³-hybridized carbons (Fsp3) is 0.583. The summed E-state index contributed by atoms with van der Waals surface area (Å²) in [6, 6.07) is 0. The Morgan fingerprint density at radius 2 is 0.960 bits per heavy atom. The van der Waals surface area contributed by atoms with E-state index < -0.39 is 73.4 Å². The van der Waals surface area contributed by atoms with Crippen molar-refractivity contribution in [2.24, 2.45) is 11.5 Å². The van der Waals surface area contributed by atoms with Gasteiger partial charge < -0.3 is 37.0 Å². The average Bonchev–Trinajstić information content (AvgIpc) is 2.33. The Morgan fingerprint density at radius 3 is 1.20 bits per heavy atom. The second kappa shape index (κ2) is 8.36. The van der Waals surface area contributed by atoms with Crippen LogP contribution in [0.15, 0.2) is 0 Å². The SMILES string of the molecule is NC(CC(=O)O)(CC(=O)O)C(N)(CC(=O)O)N(CC(=O)O)CC(=O)O. The van der Waals surface area contributed by atoms with Gasteiger partial charge in [-0.1, -0.05) is 0 Å². The molecule has 13 nitrogen and oxygen atoms in total. The van der Waals surface area contributed by atoms with E-state index in [1.54, 1.807) is 0 Å². The molecule has 0 spiro atoms. The van der Waals surface area contributed by atoms with Gasteiger partial charge in [-0.2, -0.15) is 0 Å². The number of nitrogens with two attached hydrogens (primary N) is 2. The number of carbonyl (C=O) groups is 5. The maximum Gasteiger partial charge on any atom is 0.317 e. The third-order valence-corrected chi connectivity index (χ3v) is 3.43. The van der Waals surface area contributed by atoms with Crippen molar-refractivity contribution in [3.05, 3.63) is 0 Å². The van der Waals surface area contributed by atoms with Crippen molar-refractivity contribution in [2.45, 2.75) is 30.5 Å². The monoisotopic (exact) mass is 365 g/mol. The van der Waals surface area contributed by atoms with E-state index in [0.29, 0.717) is 4.90 Å². The minimum Gasteiger partial charge on any atom is -0.481 e. The summed E-state index contributed by atoms with van der Waals surface area (Å²) in [5.41, 5.74) is 6.61. The Bertz CT molecular complexity index is 545. The highest BCUT2D eigenvalue weighted by molar-refractivity contribution is 5.77.